The van der Waals surface area contributed by atoms with Gasteiger partial charge in [-0.15, -0.1) is 0 Å². The Labute approximate surface area is 143 Å². The summed E-state index contributed by atoms with van der Waals surface area (Å²) in [6.45, 7) is 1.01. The second-order valence-corrected chi connectivity index (χ2v) is 6.69. The molecule has 118 valence electrons. The molecule has 1 atom stereocenters. The van der Waals surface area contributed by atoms with E-state index in [0.717, 1.165) is 23.9 Å². The zero-order valence-corrected chi connectivity index (χ0v) is 14.1. The first-order chi connectivity index (χ1) is 11.2. The lowest BCUT2D eigenvalue weighted by atomic mass is 10.0. The fourth-order valence-corrected chi connectivity index (χ4v) is 3.50. The highest BCUT2D eigenvalue weighted by Gasteiger charge is 2.31. The van der Waals surface area contributed by atoms with Crippen LogP contribution in [0.4, 0.5) is 0 Å². The largest absolute Gasteiger partial charge is 0.454 e. The molecule has 2 aliphatic heterocycles. The first-order valence-electron chi connectivity index (χ1n) is 7.68. The average molecular weight is 374 g/mol. The second kappa shape index (κ2) is 5.89. The summed E-state index contributed by atoms with van der Waals surface area (Å²) >= 11 is 3.46. The third kappa shape index (κ3) is 2.70. The summed E-state index contributed by atoms with van der Waals surface area (Å²) in [4.78, 5) is 14.9. The number of amides is 1. The quantitative estimate of drug-likeness (QED) is 0.793. The van der Waals surface area contributed by atoms with Crippen LogP contribution in [0.1, 0.15) is 34.8 Å². The average Bonchev–Trinajstić information content (AvgIpc) is 3.23. The molecule has 2 aliphatic rings. The first kappa shape index (κ1) is 14.6. The van der Waals surface area contributed by atoms with Gasteiger partial charge in [0.15, 0.2) is 11.5 Å². The third-order valence-corrected chi connectivity index (χ3v) is 4.92. The number of carbonyl (C=O) groups excluding carboxylic acids is 1. The van der Waals surface area contributed by atoms with Gasteiger partial charge in [0.25, 0.3) is 5.91 Å². The van der Waals surface area contributed by atoms with Gasteiger partial charge in [-0.2, -0.15) is 0 Å². The monoisotopic (exact) mass is 373 g/mol. The van der Waals surface area contributed by atoms with E-state index in [4.69, 9.17) is 9.47 Å². The topological polar surface area (TPSA) is 38.8 Å². The number of rotatable bonds is 2. The lowest BCUT2D eigenvalue weighted by molar-refractivity contribution is 0.0735. The molecule has 0 aliphatic carbocycles. The van der Waals surface area contributed by atoms with E-state index in [1.807, 2.05) is 23.1 Å². The summed E-state index contributed by atoms with van der Waals surface area (Å²) in [5.41, 5.74) is 1.83. The Hall–Kier alpha value is -2.01. The van der Waals surface area contributed by atoms with Gasteiger partial charge in [-0.25, -0.2) is 0 Å². The first-order valence-corrected chi connectivity index (χ1v) is 8.48. The number of halogens is 1. The van der Waals surface area contributed by atoms with Crippen molar-refractivity contribution >= 4 is 21.8 Å². The Morgan fingerprint density at radius 2 is 1.87 bits per heavy atom. The van der Waals surface area contributed by atoms with Crippen LogP contribution in [0, 0.1) is 0 Å². The van der Waals surface area contributed by atoms with Gasteiger partial charge in [0.05, 0.1) is 6.04 Å². The van der Waals surface area contributed by atoms with Crippen molar-refractivity contribution < 1.29 is 14.3 Å². The van der Waals surface area contributed by atoms with Gasteiger partial charge in [0, 0.05) is 16.6 Å². The van der Waals surface area contributed by atoms with Crippen LogP contribution >= 0.6 is 15.9 Å². The van der Waals surface area contributed by atoms with Crippen molar-refractivity contribution in [2.24, 2.45) is 0 Å². The number of benzene rings is 2. The van der Waals surface area contributed by atoms with Gasteiger partial charge in [0.1, 0.15) is 0 Å². The van der Waals surface area contributed by atoms with Crippen LogP contribution in [-0.4, -0.2) is 24.1 Å². The number of ether oxygens (including phenoxy) is 2. The van der Waals surface area contributed by atoms with Crippen LogP contribution in [0.25, 0.3) is 0 Å². The maximum atomic E-state index is 12.9. The van der Waals surface area contributed by atoms with Crippen LogP contribution in [0.5, 0.6) is 11.5 Å². The van der Waals surface area contributed by atoms with Crippen LogP contribution in [-0.2, 0) is 0 Å². The SMILES string of the molecule is O=C(c1ccc2c(c1)OCO2)N1CCCC1c1ccc(Br)cc1. The number of carbonyl (C=O) groups is 1. The Morgan fingerprint density at radius 1 is 1.09 bits per heavy atom. The van der Waals surface area contributed by atoms with Crippen molar-refractivity contribution in [1.82, 2.24) is 4.90 Å². The fourth-order valence-electron chi connectivity index (χ4n) is 3.24. The van der Waals surface area contributed by atoms with Gasteiger partial charge < -0.3 is 14.4 Å². The minimum Gasteiger partial charge on any atom is -0.454 e. The standard InChI is InChI=1S/C18H16BrNO3/c19-14-6-3-12(4-7-14)15-2-1-9-20(15)18(21)13-5-8-16-17(10-13)23-11-22-16/h3-8,10,15H,1-2,9,11H2. The predicted molar refractivity (Wildman–Crippen MR) is 89.7 cm³/mol. The van der Waals surface area contributed by atoms with Gasteiger partial charge >= 0.3 is 0 Å². The van der Waals surface area contributed by atoms with Gasteiger partial charge in [-0.1, -0.05) is 28.1 Å². The summed E-state index contributed by atoms with van der Waals surface area (Å²) in [5, 5.41) is 0. The van der Waals surface area contributed by atoms with E-state index in [-0.39, 0.29) is 18.7 Å². The highest BCUT2D eigenvalue weighted by Crippen LogP contribution is 2.36. The van der Waals surface area contributed by atoms with Gasteiger partial charge in [-0.05, 0) is 48.7 Å². The molecule has 4 rings (SSSR count). The number of nitrogens with zero attached hydrogens (tertiary/aromatic N) is 1. The fraction of sp³-hybridized carbons (Fsp3) is 0.278. The third-order valence-electron chi connectivity index (χ3n) is 4.39. The summed E-state index contributed by atoms with van der Waals surface area (Å²) in [7, 11) is 0. The number of hydrogen-bond donors (Lipinski definition) is 0. The molecule has 2 aromatic rings. The van der Waals surface area contributed by atoms with Crippen LogP contribution in [0.15, 0.2) is 46.9 Å². The zero-order chi connectivity index (χ0) is 15.8. The van der Waals surface area contributed by atoms with Crippen molar-refractivity contribution in [1.29, 1.82) is 0 Å². The predicted octanol–water partition coefficient (Wildman–Crippen LogP) is 4.16. The highest BCUT2D eigenvalue weighted by atomic mass is 79.9. The van der Waals surface area contributed by atoms with E-state index in [2.05, 4.69) is 28.1 Å². The molecule has 0 aromatic heterocycles. The minimum atomic E-state index is 0.0497. The van der Waals surface area contributed by atoms with Crippen molar-refractivity contribution in [3.63, 3.8) is 0 Å². The number of fused-ring (bicyclic) bond motifs is 1. The summed E-state index contributed by atoms with van der Waals surface area (Å²) in [5.74, 6) is 1.40. The second-order valence-electron chi connectivity index (χ2n) is 5.78. The molecule has 1 unspecified atom stereocenters. The molecular weight excluding hydrogens is 358 g/mol. The molecule has 0 bridgehead atoms. The van der Waals surface area contributed by atoms with Crippen LogP contribution in [0.2, 0.25) is 0 Å². The Kier molecular flexibility index (Phi) is 3.73. The van der Waals surface area contributed by atoms with Crippen LogP contribution < -0.4 is 9.47 Å². The van der Waals surface area contributed by atoms with E-state index in [0.29, 0.717) is 17.1 Å². The molecule has 23 heavy (non-hydrogen) atoms. The maximum Gasteiger partial charge on any atom is 0.254 e. The normalized spacial score (nSPS) is 19.2. The molecule has 1 amide bonds. The highest BCUT2D eigenvalue weighted by molar-refractivity contribution is 9.10. The molecule has 4 nitrogen and oxygen atoms in total. The van der Waals surface area contributed by atoms with Gasteiger partial charge in [-0.3, -0.25) is 4.79 Å². The van der Waals surface area contributed by atoms with E-state index in [9.17, 15) is 4.79 Å². The molecular formula is C18H16BrNO3. The lowest BCUT2D eigenvalue weighted by Gasteiger charge is -2.25. The number of hydrogen-bond acceptors (Lipinski definition) is 3. The summed E-state index contributed by atoms with van der Waals surface area (Å²) in [6.07, 6.45) is 2.02. The van der Waals surface area contributed by atoms with E-state index < -0.39 is 0 Å². The Morgan fingerprint density at radius 3 is 2.70 bits per heavy atom. The molecule has 0 N–H and O–H groups in total. The molecule has 1 saturated heterocycles. The van der Waals surface area contributed by atoms with Crippen molar-refractivity contribution in [2.45, 2.75) is 18.9 Å². The molecule has 5 heteroatoms. The molecule has 0 radical (unpaired) electrons. The summed E-state index contributed by atoms with van der Waals surface area (Å²) in [6, 6.07) is 13.8. The zero-order valence-electron chi connectivity index (χ0n) is 12.5. The van der Waals surface area contributed by atoms with Crippen LogP contribution in [0.3, 0.4) is 0 Å². The molecule has 2 aromatic carbocycles. The van der Waals surface area contributed by atoms with E-state index in [1.54, 1.807) is 12.1 Å². The molecule has 0 spiro atoms. The molecule has 1 fully saturated rings. The maximum absolute atomic E-state index is 12.9. The molecule has 2 heterocycles. The van der Waals surface area contributed by atoms with Crippen molar-refractivity contribution in [2.75, 3.05) is 13.3 Å². The Bertz CT molecular complexity index is 744. The van der Waals surface area contributed by atoms with Gasteiger partial charge in [0.2, 0.25) is 6.79 Å². The smallest absolute Gasteiger partial charge is 0.254 e. The van der Waals surface area contributed by atoms with E-state index >= 15 is 0 Å². The van der Waals surface area contributed by atoms with Crippen molar-refractivity contribution in [3.05, 3.63) is 58.1 Å². The summed E-state index contributed by atoms with van der Waals surface area (Å²) < 4.78 is 11.7. The lowest BCUT2D eigenvalue weighted by Crippen LogP contribution is -2.30. The molecule has 0 saturated carbocycles. The number of likely N-dealkylation sites (tertiary alicyclic amines) is 1. The van der Waals surface area contributed by atoms with E-state index in [1.165, 1.54) is 5.56 Å². The Balaban J connectivity index is 1.60. The van der Waals surface area contributed by atoms with Crippen molar-refractivity contribution in [3.8, 4) is 11.5 Å². The minimum absolute atomic E-state index is 0.0497.